The van der Waals surface area contributed by atoms with Crippen molar-refractivity contribution in [1.29, 1.82) is 0 Å². The lowest BCUT2D eigenvalue weighted by Gasteiger charge is -2.44. The van der Waals surface area contributed by atoms with Crippen molar-refractivity contribution in [2.45, 2.75) is 76.8 Å². The summed E-state index contributed by atoms with van der Waals surface area (Å²) < 4.78 is 69.4. The van der Waals surface area contributed by atoms with Crippen molar-refractivity contribution in [1.82, 2.24) is 9.97 Å². The number of hydrogen-bond donors (Lipinski definition) is 5. The summed E-state index contributed by atoms with van der Waals surface area (Å²) in [4.78, 5) is 51.8. The van der Waals surface area contributed by atoms with Crippen LogP contribution in [0.3, 0.4) is 0 Å². The van der Waals surface area contributed by atoms with Crippen LogP contribution in [-0.4, -0.2) is 98.1 Å². The fraction of sp³-hybridized carbons (Fsp3) is 0.667. The summed E-state index contributed by atoms with van der Waals surface area (Å²) in [5.74, 6) is -2.91. The van der Waals surface area contributed by atoms with Crippen molar-refractivity contribution in [3.63, 3.8) is 0 Å². The molecule has 0 saturated carbocycles. The molecule has 258 valence electrons. The number of phosphoric acid groups is 1. The number of hydrogen-bond acceptors (Lipinski definition) is 17. The Hall–Kier alpha value is -2.19. The number of carbonyl (C=O) groups excluding carboxylic acids is 2. The molecule has 12 atom stereocenters. The maximum Gasteiger partial charge on any atom is 0.481 e. The first-order chi connectivity index (χ1) is 21.4. The van der Waals surface area contributed by atoms with Gasteiger partial charge in [0.2, 0.25) is 6.29 Å². The molecule has 4 rings (SSSR count). The molecule has 0 aromatic carbocycles. The molecule has 5 unspecified atom stereocenters. The van der Waals surface area contributed by atoms with E-state index in [2.05, 4.69) is 9.97 Å². The lowest BCUT2D eigenvalue weighted by Crippen LogP contribution is -2.55. The van der Waals surface area contributed by atoms with Gasteiger partial charge in [-0.25, -0.2) is 23.2 Å². The van der Waals surface area contributed by atoms with Gasteiger partial charge in [0.25, 0.3) is 0 Å². The summed E-state index contributed by atoms with van der Waals surface area (Å²) in [5.41, 5.74) is 6.33. The maximum atomic E-state index is 15.0. The van der Waals surface area contributed by atoms with Gasteiger partial charge in [-0.2, -0.15) is 0 Å². The second kappa shape index (κ2) is 14.5. The summed E-state index contributed by atoms with van der Waals surface area (Å²) >= 11 is 4.84. The number of aromatic nitrogens is 2. The molecule has 2 aliphatic rings. The predicted octanol–water partition coefficient (Wildman–Crippen LogP) is 1.16. The van der Waals surface area contributed by atoms with Gasteiger partial charge in [-0.1, -0.05) is 13.8 Å². The Balaban J connectivity index is 1.42. The molecule has 18 nitrogen and oxygen atoms in total. The number of nitrogen functional groups attached to an aromatic ring is 1. The van der Waals surface area contributed by atoms with Crippen LogP contribution in [0.5, 0.6) is 0 Å². The Morgan fingerprint density at radius 2 is 1.83 bits per heavy atom. The summed E-state index contributed by atoms with van der Waals surface area (Å²) in [6.45, 7) is -0.828. The van der Waals surface area contributed by atoms with Gasteiger partial charge in [-0.15, -0.1) is 0 Å². The smallest absolute Gasteiger partial charge is 0.463 e. The van der Waals surface area contributed by atoms with Crippen molar-refractivity contribution in [2.24, 2.45) is 11.8 Å². The van der Waals surface area contributed by atoms with E-state index in [-0.39, 0.29) is 22.5 Å². The molecule has 4 heterocycles. The van der Waals surface area contributed by atoms with Crippen LogP contribution in [0.4, 0.5) is 10.2 Å². The quantitative estimate of drug-likeness (QED) is 0.152. The number of aliphatic hydroxyl groups is 2. The number of esters is 2. The van der Waals surface area contributed by atoms with Crippen LogP contribution in [0.15, 0.2) is 17.0 Å². The number of alkyl halides is 1. The molecule has 2 fully saturated rings. The molecule has 2 aromatic heterocycles. The lowest BCUT2D eigenvalue weighted by atomic mass is 9.82. The van der Waals surface area contributed by atoms with Crippen molar-refractivity contribution < 1.29 is 75.3 Å². The highest BCUT2D eigenvalue weighted by atomic mass is 32.5. The average Bonchev–Trinajstić information content (AvgIpc) is 3.50. The summed E-state index contributed by atoms with van der Waals surface area (Å²) in [5, 5.41) is 21.2. The molecule has 0 aliphatic carbocycles. The fourth-order valence-corrected chi connectivity index (χ4v) is 8.15. The minimum absolute atomic E-state index is 0.0294. The molecule has 2 aliphatic heterocycles. The fourth-order valence-electron chi connectivity index (χ4n) is 5.05. The highest BCUT2D eigenvalue weighted by molar-refractivity contribution is 8.08. The zero-order valence-corrected chi connectivity index (χ0v) is 27.4. The van der Waals surface area contributed by atoms with E-state index in [4.69, 9.17) is 54.3 Å². The van der Waals surface area contributed by atoms with Crippen LogP contribution >= 0.6 is 14.5 Å². The van der Waals surface area contributed by atoms with Crippen LogP contribution in [-0.2, 0) is 58.3 Å². The standard InChI is InChI=1S/C24H34FN3O15P2S/c1-9-10(2)20(39-12(4)30)24(41-19(9)14(25)6-36-11(3)29)42-44(33,34)43-45(35,46)38-7-15-17(31)18(32)21(40-15)13-5-37-22-16(13)27-8-28-23(22)26/h5,8-10,14-15,17-21,24,31-32H,6-7H2,1-4H3,(H,33,34)(H,35,46)(H2,26,27,28)/t9-,10-,14-,15+,17?,18-,19?,20?,21-,24-,45?/m0/s1. The predicted molar refractivity (Wildman–Crippen MR) is 154 cm³/mol. The monoisotopic (exact) mass is 717 g/mol. The zero-order chi connectivity index (χ0) is 34.1. The van der Waals surface area contributed by atoms with Crippen LogP contribution in [0.25, 0.3) is 11.1 Å². The first-order valence-electron chi connectivity index (χ1n) is 13.7. The zero-order valence-electron chi connectivity index (χ0n) is 24.8. The topological polar surface area (TPSA) is 262 Å². The molecule has 0 radical (unpaired) electrons. The molecule has 2 saturated heterocycles. The van der Waals surface area contributed by atoms with E-state index >= 15 is 0 Å². The van der Waals surface area contributed by atoms with E-state index in [1.807, 2.05) is 0 Å². The van der Waals surface area contributed by atoms with Crippen LogP contribution in [0.1, 0.15) is 39.4 Å². The number of nitrogens with two attached hydrogens (primary N) is 1. The van der Waals surface area contributed by atoms with Gasteiger partial charge >= 0.3 is 26.5 Å². The largest absolute Gasteiger partial charge is 0.481 e. The van der Waals surface area contributed by atoms with Crippen molar-refractivity contribution >= 4 is 55.2 Å². The first kappa shape index (κ1) is 36.6. The van der Waals surface area contributed by atoms with Gasteiger partial charge in [0, 0.05) is 25.3 Å². The van der Waals surface area contributed by atoms with Gasteiger partial charge in [0.1, 0.15) is 42.9 Å². The van der Waals surface area contributed by atoms with E-state index in [9.17, 15) is 38.5 Å². The molecule has 0 spiro atoms. The van der Waals surface area contributed by atoms with E-state index in [0.717, 1.165) is 20.2 Å². The number of rotatable bonds is 12. The summed E-state index contributed by atoms with van der Waals surface area (Å²) in [6.07, 6.45) is -9.78. The van der Waals surface area contributed by atoms with Crippen molar-refractivity contribution in [2.75, 3.05) is 18.9 Å². The third kappa shape index (κ3) is 8.44. The number of nitrogens with zero attached hydrogens (tertiary/aromatic N) is 2. The number of halogens is 1. The van der Waals surface area contributed by atoms with Gasteiger partial charge < -0.3 is 53.6 Å². The van der Waals surface area contributed by atoms with E-state index < -0.39 is 101 Å². The Bertz CT molecular complexity index is 1520. The molecule has 22 heteroatoms. The molecule has 6 N–H and O–H groups in total. The maximum absolute atomic E-state index is 15.0. The van der Waals surface area contributed by atoms with Gasteiger partial charge in [0.15, 0.2) is 23.7 Å². The minimum Gasteiger partial charge on any atom is -0.463 e. The Labute approximate surface area is 266 Å². The normalized spacial score (nSPS) is 33.2. The SMILES string of the molecule is CC(=O)OC[C@H](F)C1O[C@@H](OP(=O)(O)OP(O)(=S)OC[C@H]2O[C@@H](c3coc4c(N)ncnc34)[C@@H](O)C2O)C(OC(C)=O)[C@@H](C)[C@@H]1C. The van der Waals surface area contributed by atoms with Gasteiger partial charge in [-0.3, -0.25) is 14.1 Å². The first-order valence-corrected chi connectivity index (χ1v) is 17.8. The number of carbonyl (C=O) groups is 2. The van der Waals surface area contributed by atoms with Gasteiger partial charge in [-0.05, 0) is 17.7 Å². The number of anilines is 1. The van der Waals surface area contributed by atoms with E-state index in [1.54, 1.807) is 13.8 Å². The number of fused-ring (bicyclic) bond motifs is 1. The Morgan fingerprint density at radius 1 is 1.13 bits per heavy atom. The minimum atomic E-state index is -5.41. The third-order valence-electron chi connectivity index (χ3n) is 7.45. The van der Waals surface area contributed by atoms with Crippen molar-refractivity contribution in [3.8, 4) is 0 Å². The molecule has 2 aromatic rings. The highest BCUT2D eigenvalue weighted by Crippen LogP contribution is 2.62. The van der Waals surface area contributed by atoms with Crippen LogP contribution in [0, 0.1) is 11.8 Å². The second-order valence-corrected chi connectivity index (χ2v) is 15.1. The average molecular weight is 718 g/mol. The van der Waals surface area contributed by atoms with Gasteiger partial charge in [0.05, 0.1) is 19.0 Å². The van der Waals surface area contributed by atoms with Crippen molar-refractivity contribution in [3.05, 3.63) is 18.2 Å². The molecule has 0 amide bonds. The molecular formula is C24H34FN3O15P2S. The van der Waals surface area contributed by atoms with Crippen LogP contribution in [0.2, 0.25) is 0 Å². The van der Waals surface area contributed by atoms with Crippen LogP contribution < -0.4 is 5.73 Å². The number of ether oxygens (including phenoxy) is 4. The number of phosphoric ester groups is 1. The Kier molecular flexibility index (Phi) is 11.6. The summed E-state index contributed by atoms with van der Waals surface area (Å²) in [7, 11) is -5.41. The Morgan fingerprint density at radius 3 is 2.48 bits per heavy atom. The lowest BCUT2D eigenvalue weighted by molar-refractivity contribution is -0.262. The number of aliphatic hydroxyl groups excluding tert-OH is 2. The van der Waals surface area contributed by atoms with E-state index in [0.29, 0.717) is 0 Å². The molecule has 0 bridgehead atoms. The molecule has 46 heavy (non-hydrogen) atoms. The summed E-state index contributed by atoms with van der Waals surface area (Å²) in [6, 6.07) is 0. The highest BCUT2D eigenvalue weighted by Gasteiger charge is 2.51. The van der Waals surface area contributed by atoms with E-state index in [1.165, 1.54) is 6.26 Å². The second-order valence-electron chi connectivity index (χ2n) is 10.7. The molecular weight excluding hydrogens is 683 g/mol. The number of furan rings is 1. The third-order valence-corrected chi connectivity index (χ3v) is 11.0.